The minimum absolute atomic E-state index is 0.130. The van der Waals surface area contributed by atoms with Crippen molar-refractivity contribution in [1.29, 1.82) is 0 Å². The second-order valence-electron chi connectivity index (χ2n) is 5.99. The maximum atomic E-state index is 13.2. The first-order valence-corrected chi connectivity index (χ1v) is 7.89. The minimum Gasteiger partial charge on any atom is -0.314 e. The third kappa shape index (κ3) is 4.57. The summed E-state index contributed by atoms with van der Waals surface area (Å²) in [5, 5.41) is 3.61. The Morgan fingerprint density at radius 2 is 2.10 bits per heavy atom. The van der Waals surface area contributed by atoms with E-state index in [2.05, 4.69) is 24.1 Å². The van der Waals surface area contributed by atoms with Gasteiger partial charge in [0.15, 0.2) is 0 Å². The molecule has 1 atom stereocenters. The van der Waals surface area contributed by atoms with Crippen molar-refractivity contribution in [2.45, 2.75) is 45.7 Å². The largest absolute Gasteiger partial charge is 0.314 e. The van der Waals surface area contributed by atoms with Gasteiger partial charge >= 0.3 is 0 Å². The van der Waals surface area contributed by atoms with Gasteiger partial charge in [0.25, 0.3) is 0 Å². The van der Waals surface area contributed by atoms with Crippen molar-refractivity contribution in [3.05, 3.63) is 35.6 Å². The first-order valence-electron chi connectivity index (χ1n) is 7.89. The fourth-order valence-electron chi connectivity index (χ4n) is 3.04. The lowest BCUT2D eigenvalue weighted by Crippen LogP contribution is -2.41. The van der Waals surface area contributed by atoms with Gasteiger partial charge in [-0.3, -0.25) is 4.90 Å². The van der Waals surface area contributed by atoms with Crippen molar-refractivity contribution < 1.29 is 4.39 Å². The maximum Gasteiger partial charge on any atom is 0.123 e. The molecule has 0 saturated carbocycles. The van der Waals surface area contributed by atoms with Crippen LogP contribution in [0.4, 0.5) is 4.39 Å². The third-order valence-corrected chi connectivity index (χ3v) is 4.35. The van der Waals surface area contributed by atoms with Crippen LogP contribution in [-0.4, -0.2) is 30.6 Å². The van der Waals surface area contributed by atoms with Crippen LogP contribution >= 0.6 is 0 Å². The van der Waals surface area contributed by atoms with Gasteiger partial charge in [0.1, 0.15) is 5.82 Å². The van der Waals surface area contributed by atoms with Crippen molar-refractivity contribution in [2.75, 3.05) is 19.6 Å². The number of nitrogens with zero attached hydrogens (tertiary/aromatic N) is 1. The molecule has 1 aromatic rings. The van der Waals surface area contributed by atoms with E-state index in [1.165, 1.54) is 25.3 Å². The Kier molecular flexibility index (Phi) is 5.99. The van der Waals surface area contributed by atoms with E-state index in [0.29, 0.717) is 6.04 Å². The highest BCUT2D eigenvalue weighted by Crippen LogP contribution is 2.22. The molecule has 1 unspecified atom stereocenters. The van der Waals surface area contributed by atoms with Crippen LogP contribution in [0.25, 0.3) is 0 Å². The van der Waals surface area contributed by atoms with Crippen LogP contribution in [0.1, 0.15) is 38.7 Å². The summed E-state index contributed by atoms with van der Waals surface area (Å²) in [5.41, 5.74) is 1.08. The molecule has 1 fully saturated rings. The second-order valence-corrected chi connectivity index (χ2v) is 5.99. The first-order chi connectivity index (χ1) is 9.69. The third-order valence-electron chi connectivity index (χ3n) is 4.35. The molecule has 0 radical (unpaired) electrons. The maximum absolute atomic E-state index is 13.2. The normalized spacial score (nSPS) is 19.1. The number of piperidine rings is 1. The summed E-state index contributed by atoms with van der Waals surface area (Å²) in [6, 6.07) is 7.59. The summed E-state index contributed by atoms with van der Waals surface area (Å²) in [7, 11) is 0. The van der Waals surface area contributed by atoms with E-state index < -0.39 is 0 Å². The standard InChI is InChI=1S/C17H27FN2/c1-3-9-19-14(2)16-7-10-20(11-8-16)13-15-5-4-6-17(18)12-15/h4-6,12,14,16,19H,3,7-11,13H2,1-2H3. The number of halogens is 1. The Labute approximate surface area is 122 Å². The molecule has 2 nitrogen and oxygen atoms in total. The fourth-order valence-corrected chi connectivity index (χ4v) is 3.04. The molecule has 1 N–H and O–H groups in total. The molecule has 112 valence electrons. The van der Waals surface area contributed by atoms with Crippen molar-refractivity contribution in [3.8, 4) is 0 Å². The van der Waals surface area contributed by atoms with Gasteiger partial charge in [-0.15, -0.1) is 0 Å². The Balaban J connectivity index is 1.76. The number of benzene rings is 1. The molecule has 0 spiro atoms. The van der Waals surface area contributed by atoms with Crippen molar-refractivity contribution >= 4 is 0 Å². The van der Waals surface area contributed by atoms with Gasteiger partial charge in [-0.25, -0.2) is 4.39 Å². The fraction of sp³-hybridized carbons (Fsp3) is 0.647. The summed E-state index contributed by atoms with van der Waals surface area (Å²) < 4.78 is 13.2. The molecule has 0 bridgehead atoms. The van der Waals surface area contributed by atoms with Crippen LogP contribution in [0.3, 0.4) is 0 Å². The lowest BCUT2D eigenvalue weighted by Gasteiger charge is -2.35. The Bertz CT molecular complexity index is 400. The highest BCUT2D eigenvalue weighted by molar-refractivity contribution is 5.16. The smallest absolute Gasteiger partial charge is 0.123 e. The topological polar surface area (TPSA) is 15.3 Å². The lowest BCUT2D eigenvalue weighted by atomic mass is 9.90. The quantitative estimate of drug-likeness (QED) is 0.857. The summed E-state index contributed by atoms with van der Waals surface area (Å²) in [4.78, 5) is 2.44. The summed E-state index contributed by atoms with van der Waals surface area (Å²) >= 11 is 0. The SMILES string of the molecule is CCCNC(C)C1CCN(Cc2cccc(F)c2)CC1. The van der Waals surface area contributed by atoms with Crippen LogP contribution in [-0.2, 0) is 6.54 Å². The van der Waals surface area contributed by atoms with Crippen LogP contribution < -0.4 is 5.32 Å². The monoisotopic (exact) mass is 278 g/mol. The number of rotatable bonds is 6. The highest BCUT2D eigenvalue weighted by Gasteiger charge is 2.23. The van der Waals surface area contributed by atoms with E-state index in [0.717, 1.165) is 37.7 Å². The van der Waals surface area contributed by atoms with E-state index >= 15 is 0 Å². The van der Waals surface area contributed by atoms with Gasteiger partial charge in [-0.05, 0) is 69.4 Å². The van der Waals surface area contributed by atoms with Crippen molar-refractivity contribution in [1.82, 2.24) is 10.2 Å². The van der Waals surface area contributed by atoms with Gasteiger partial charge in [0.2, 0.25) is 0 Å². The van der Waals surface area contributed by atoms with E-state index in [1.54, 1.807) is 12.1 Å². The summed E-state index contributed by atoms with van der Waals surface area (Å²) in [6.07, 6.45) is 3.68. The molecule has 3 heteroatoms. The Morgan fingerprint density at radius 3 is 2.75 bits per heavy atom. The second kappa shape index (κ2) is 7.75. The molecule has 1 saturated heterocycles. The molecule has 20 heavy (non-hydrogen) atoms. The van der Waals surface area contributed by atoms with Crippen molar-refractivity contribution in [2.24, 2.45) is 5.92 Å². The number of hydrogen-bond acceptors (Lipinski definition) is 2. The van der Waals surface area contributed by atoms with Crippen LogP contribution in [0, 0.1) is 11.7 Å². The molecule has 1 heterocycles. The Hall–Kier alpha value is -0.930. The van der Waals surface area contributed by atoms with Crippen LogP contribution in [0.15, 0.2) is 24.3 Å². The van der Waals surface area contributed by atoms with Gasteiger partial charge < -0.3 is 5.32 Å². The lowest BCUT2D eigenvalue weighted by molar-refractivity contribution is 0.156. The van der Waals surface area contributed by atoms with Gasteiger partial charge in [0, 0.05) is 12.6 Å². The zero-order valence-electron chi connectivity index (χ0n) is 12.7. The van der Waals surface area contributed by atoms with E-state index in [1.807, 2.05) is 6.07 Å². The molecular formula is C17H27FN2. The van der Waals surface area contributed by atoms with Crippen molar-refractivity contribution in [3.63, 3.8) is 0 Å². The molecule has 1 aromatic carbocycles. The van der Waals surface area contributed by atoms with E-state index in [4.69, 9.17) is 0 Å². The molecular weight excluding hydrogens is 251 g/mol. The zero-order chi connectivity index (χ0) is 14.4. The van der Waals surface area contributed by atoms with E-state index in [9.17, 15) is 4.39 Å². The number of likely N-dealkylation sites (tertiary alicyclic amines) is 1. The number of hydrogen-bond donors (Lipinski definition) is 1. The molecule has 2 rings (SSSR count). The Morgan fingerprint density at radius 1 is 1.35 bits per heavy atom. The molecule has 1 aliphatic heterocycles. The van der Waals surface area contributed by atoms with E-state index in [-0.39, 0.29) is 5.82 Å². The summed E-state index contributed by atoms with van der Waals surface area (Å²) in [5.74, 6) is 0.653. The molecule has 0 aromatic heterocycles. The number of nitrogens with one attached hydrogen (secondary N) is 1. The minimum atomic E-state index is -0.130. The zero-order valence-corrected chi connectivity index (χ0v) is 12.7. The molecule has 0 aliphatic carbocycles. The predicted octanol–water partition coefficient (Wildman–Crippen LogP) is 3.43. The molecule has 0 amide bonds. The average molecular weight is 278 g/mol. The van der Waals surface area contributed by atoms with Gasteiger partial charge in [0.05, 0.1) is 0 Å². The van der Waals surface area contributed by atoms with Gasteiger partial charge in [-0.2, -0.15) is 0 Å². The first kappa shape index (κ1) is 15.5. The summed E-state index contributed by atoms with van der Waals surface area (Å²) in [6.45, 7) is 8.76. The predicted molar refractivity (Wildman–Crippen MR) is 82.2 cm³/mol. The average Bonchev–Trinajstić information content (AvgIpc) is 2.45. The highest BCUT2D eigenvalue weighted by atomic mass is 19.1. The van der Waals surface area contributed by atoms with Crippen LogP contribution in [0.2, 0.25) is 0 Å². The van der Waals surface area contributed by atoms with Crippen LogP contribution in [0.5, 0.6) is 0 Å². The molecule has 1 aliphatic rings. The van der Waals surface area contributed by atoms with Gasteiger partial charge in [-0.1, -0.05) is 19.1 Å².